The van der Waals surface area contributed by atoms with E-state index < -0.39 is 0 Å². The lowest BCUT2D eigenvalue weighted by atomic mass is 9.85. The Bertz CT molecular complexity index is 656. The van der Waals surface area contributed by atoms with Gasteiger partial charge in [0.1, 0.15) is 0 Å². The van der Waals surface area contributed by atoms with Gasteiger partial charge in [0.25, 0.3) is 0 Å². The lowest BCUT2D eigenvalue weighted by Gasteiger charge is -2.21. The molecule has 0 radical (unpaired) electrons. The van der Waals surface area contributed by atoms with Crippen LogP contribution in [-0.4, -0.2) is 15.0 Å². The molecule has 4 heteroatoms. The number of pyridine rings is 1. The Morgan fingerprint density at radius 1 is 1.20 bits per heavy atom. The van der Waals surface area contributed by atoms with Crippen LogP contribution in [0.15, 0.2) is 16.9 Å². The summed E-state index contributed by atoms with van der Waals surface area (Å²) in [6.45, 7) is 1.92. The second-order valence-corrected chi connectivity index (χ2v) is 5.89. The van der Waals surface area contributed by atoms with Crippen molar-refractivity contribution >= 4 is 11.0 Å². The van der Waals surface area contributed by atoms with Crippen molar-refractivity contribution in [2.45, 2.75) is 51.9 Å². The minimum Gasteiger partial charge on any atom is -0.309 e. The molecule has 1 N–H and O–H groups in total. The maximum atomic E-state index is 11.7. The lowest BCUT2D eigenvalue weighted by Crippen LogP contribution is -2.15. The number of hydrogen-bond acceptors (Lipinski definition) is 3. The van der Waals surface area contributed by atoms with E-state index in [0.29, 0.717) is 5.65 Å². The van der Waals surface area contributed by atoms with Gasteiger partial charge in [0.15, 0.2) is 5.65 Å². The minimum atomic E-state index is -0.283. The lowest BCUT2D eigenvalue weighted by molar-refractivity contribution is 0.338. The Labute approximate surface area is 118 Å². The molecule has 1 fully saturated rings. The predicted molar refractivity (Wildman–Crippen MR) is 79.8 cm³/mol. The summed E-state index contributed by atoms with van der Waals surface area (Å²) in [5.74, 6) is 0.814. The summed E-state index contributed by atoms with van der Waals surface area (Å²) < 4.78 is 0. The third-order valence-electron chi connectivity index (χ3n) is 4.33. The van der Waals surface area contributed by atoms with Gasteiger partial charge in [0.05, 0.1) is 0 Å². The van der Waals surface area contributed by atoms with Crippen LogP contribution in [0.25, 0.3) is 11.0 Å². The van der Waals surface area contributed by atoms with E-state index in [1.54, 1.807) is 0 Å². The number of hydrogen-bond donors (Lipinski definition) is 1. The summed E-state index contributed by atoms with van der Waals surface area (Å²) in [5.41, 5.74) is 2.19. The zero-order valence-corrected chi connectivity index (χ0v) is 12.0. The smallest absolute Gasteiger partial charge is 0.309 e. The Morgan fingerprint density at radius 2 is 2.00 bits per heavy atom. The molecular weight excluding hydrogens is 250 g/mol. The van der Waals surface area contributed by atoms with Crippen LogP contribution in [0.4, 0.5) is 0 Å². The molecule has 0 saturated heterocycles. The number of nitrogens with zero attached hydrogens (tertiary/aromatic N) is 2. The van der Waals surface area contributed by atoms with Crippen LogP contribution in [0.1, 0.15) is 49.9 Å². The first-order valence-corrected chi connectivity index (χ1v) is 7.59. The largest absolute Gasteiger partial charge is 0.347 e. The molecule has 2 aromatic heterocycles. The number of aromatic nitrogens is 3. The van der Waals surface area contributed by atoms with Crippen molar-refractivity contribution in [3.63, 3.8) is 0 Å². The van der Waals surface area contributed by atoms with Gasteiger partial charge in [-0.2, -0.15) is 4.98 Å². The van der Waals surface area contributed by atoms with E-state index in [4.69, 9.17) is 0 Å². The van der Waals surface area contributed by atoms with Gasteiger partial charge < -0.3 is 4.98 Å². The second-order valence-electron chi connectivity index (χ2n) is 5.89. The monoisotopic (exact) mass is 271 g/mol. The summed E-state index contributed by atoms with van der Waals surface area (Å²) in [5, 5.41) is 0.992. The number of fused-ring (bicyclic) bond motifs is 1. The van der Waals surface area contributed by atoms with Crippen LogP contribution in [0.3, 0.4) is 0 Å². The zero-order chi connectivity index (χ0) is 13.9. The second kappa shape index (κ2) is 5.73. The van der Waals surface area contributed by atoms with E-state index in [1.165, 1.54) is 32.1 Å². The van der Waals surface area contributed by atoms with Gasteiger partial charge in [-0.05, 0) is 37.8 Å². The predicted octanol–water partition coefficient (Wildman–Crippen LogP) is 3.14. The van der Waals surface area contributed by atoms with Crippen molar-refractivity contribution in [1.29, 1.82) is 0 Å². The highest BCUT2D eigenvalue weighted by molar-refractivity contribution is 5.77. The topological polar surface area (TPSA) is 58.6 Å². The quantitative estimate of drug-likeness (QED) is 0.933. The Balaban J connectivity index is 1.84. The highest BCUT2D eigenvalue weighted by Gasteiger charge is 2.14. The molecule has 0 bridgehead atoms. The van der Waals surface area contributed by atoms with Crippen molar-refractivity contribution in [1.82, 2.24) is 15.0 Å². The fourth-order valence-electron chi connectivity index (χ4n) is 3.21. The van der Waals surface area contributed by atoms with Gasteiger partial charge in [-0.1, -0.05) is 32.1 Å². The first kappa shape index (κ1) is 13.3. The van der Waals surface area contributed by atoms with Gasteiger partial charge in [0.2, 0.25) is 0 Å². The highest BCUT2D eigenvalue weighted by Crippen LogP contribution is 2.27. The molecule has 0 amide bonds. The van der Waals surface area contributed by atoms with Gasteiger partial charge >= 0.3 is 5.69 Å². The average Bonchev–Trinajstić information content (AvgIpc) is 2.45. The van der Waals surface area contributed by atoms with Crippen molar-refractivity contribution in [3.8, 4) is 0 Å². The molecule has 3 rings (SSSR count). The molecule has 0 unspecified atom stereocenters. The maximum Gasteiger partial charge on any atom is 0.347 e. The van der Waals surface area contributed by atoms with E-state index >= 15 is 0 Å². The Hall–Kier alpha value is -1.71. The van der Waals surface area contributed by atoms with Crippen LogP contribution in [0.5, 0.6) is 0 Å². The average molecular weight is 271 g/mol. The van der Waals surface area contributed by atoms with Gasteiger partial charge in [-0.3, -0.25) is 0 Å². The molecule has 106 valence electrons. The Morgan fingerprint density at radius 3 is 2.80 bits per heavy atom. The molecule has 0 atom stereocenters. The molecule has 0 spiro atoms. The summed E-state index contributed by atoms with van der Waals surface area (Å²) in [6, 6.07) is 4.00. The van der Waals surface area contributed by atoms with Crippen LogP contribution in [0.2, 0.25) is 0 Å². The molecule has 20 heavy (non-hydrogen) atoms. The summed E-state index contributed by atoms with van der Waals surface area (Å²) in [6.07, 6.45) is 8.86. The van der Waals surface area contributed by atoms with E-state index in [0.717, 1.165) is 35.5 Å². The summed E-state index contributed by atoms with van der Waals surface area (Å²) in [7, 11) is 0. The zero-order valence-electron chi connectivity index (χ0n) is 12.0. The SMILES string of the molecule is Cc1ccc2c(CCC3CCCCC3)[nH]c(=O)nc2n1. The van der Waals surface area contributed by atoms with Gasteiger partial charge in [-0.15, -0.1) is 0 Å². The van der Waals surface area contributed by atoms with Crippen molar-refractivity contribution < 1.29 is 0 Å². The molecule has 2 heterocycles. The molecule has 2 aromatic rings. The standard InChI is InChI=1S/C16H21N3O/c1-11-7-9-13-14(18-16(20)19-15(13)17-11)10-8-12-5-3-2-4-6-12/h7,9,12H,2-6,8,10H2,1H3,(H,17,18,19,20). The van der Waals surface area contributed by atoms with E-state index in [9.17, 15) is 4.79 Å². The van der Waals surface area contributed by atoms with Crippen molar-refractivity contribution in [3.05, 3.63) is 34.0 Å². The van der Waals surface area contributed by atoms with E-state index in [2.05, 4.69) is 15.0 Å². The number of nitrogens with one attached hydrogen (secondary N) is 1. The highest BCUT2D eigenvalue weighted by atomic mass is 16.1. The molecule has 0 aromatic carbocycles. The fourth-order valence-corrected chi connectivity index (χ4v) is 3.21. The van der Waals surface area contributed by atoms with Crippen LogP contribution >= 0.6 is 0 Å². The number of aryl methyl sites for hydroxylation is 2. The third-order valence-corrected chi connectivity index (χ3v) is 4.33. The minimum absolute atomic E-state index is 0.283. The fraction of sp³-hybridized carbons (Fsp3) is 0.562. The first-order chi connectivity index (χ1) is 9.72. The summed E-state index contributed by atoms with van der Waals surface area (Å²) in [4.78, 5) is 22.9. The van der Waals surface area contributed by atoms with Crippen LogP contribution < -0.4 is 5.69 Å². The summed E-state index contributed by atoms with van der Waals surface area (Å²) >= 11 is 0. The normalized spacial score (nSPS) is 16.6. The van der Waals surface area contributed by atoms with E-state index in [1.807, 2.05) is 19.1 Å². The van der Waals surface area contributed by atoms with Crippen LogP contribution in [-0.2, 0) is 6.42 Å². The van der Waals surface area contributed by atoms with Crippen molar-refractivity contribution in [2.24, 2.45) is 5.92 Å². The molecular formula is C16H21N3O. The van der Waals surface area contributed by atoms with Crippen molar-refractivity contribution in [2.75, 3.05) is 0 Å². The molecule has 0 aliphatic heterocycles. The molecule has 1 aliphatic rings. The van der Waals surface area contributed by atoms with Gasteiger partial charge in [-0.25, -0.2) is 9.78 Å². The van der Waals surface area contributed by atoms with E-state index in [-0.39, 0.29) is 5.69 Å². The van der Waals surface area contributed by atoms with Gasteiger partial charge in [0, 0.05) is 16.8 Å². The molecule has 4 nitrogen and oxygen atoms in total. The number of aromatic amines is 1. The Kier molecular flexibility index (Phi) is 3.81. The van der Waals surface area contributed by atoms with Crippen LogP contribution in [0, 0.1) is 12.8 Å². The first-order valence-electron chi connectivity index (χ1n) is 7.59. The number of H-pyrrole nitrogens is 1. The molecule has 1 saturated carbocycles. The maximum absolute atomic E-state index is 11.7. The third kappa shape index (κ3) is 2.89. The molecule has 1 aliphatic carbocycles. The number of rotatable bonds is 3.